The quantitative estimate of drug-likeness (QED) is 0.433. The Bertz CT molecular complexity index is 1460. The summed E-state index contributed by atoms with van der Waals surface area (Å²) in [5.74, 6) is -0.0169. The molecule has 5 aromatic rings. The van der Waals surface area contributed by atoms with Gasteiger partial charge in [0.05, 0.1) is 34.5 Å². The molecule has 0 radical (unpaired) electrons. The predicted octanol–water partition coefficient (Wildman–Crippen LogP) is 4.38. The number of nitrogens with zero attached hydrogens (tertiary/aromatic N) is 4. The summed E-state index contributed by atoms with van der Waals surface area (Å²) in [5.41, 5.74) is 8.48. The minimum atomic E-state index is -0.0169. The van der Waals surface area contributed by atoms with Crippen molar-refractivity contribution in [3.05, 3.63) is 82.2 Å². The maximum atomic E-state index is 13.3. The Labute approximate surface area is 188 Å². The molecule has 2 N–H and O–H groups in total. The number of amides is 1. The van der Waals surface area contributed by atoms with Crippen LogP contribution < -0.4 is 5.32 Å². The fourth-order valence-corrected chi connectivity index (χ4v) is 5.03. The molecule has 7 nitrogen and oxygen atoms in total. The fraction of sp³-hybridized carbons (Fsp3) is 0.167. The van der Waals surface area contributed by atoms with Gasteiger partial charge >= 0.3 is 0 Å². The first-order valence-corrected chi connectivity index (χ1v) is 11.4. The van der Waals surface area contributed by atoms with E-state index in [1.54, 1.807) is 17.9 Å². The molecule has 0 spiro atoms. The Kier molecular flexibility index (Phi) is 4.57. The summed E-state index contributed by atoms with van der Waals surface area (Å²) in [4.78, 5) is 32.7. The average molecular weight is 441 g/mol. The zero-order valence-corrected chi connectivity index (χ0v) is 18.0. The van der Waals surface area contributed by atoms with Crippen molar-refractivity contribution in [1.29, 1.82) is 0 Å². The van der Waals surface area contributed by atoms with E-state index in [1.165, 1.54) is 22.3 Å². The minimum absolute atomic E-state index is 0.0169. The highest BCUT2D eigenvalue weighted by molar-refractivity contribution is 7.09. The van der Waals surface area contributed by atoms with E-state index in [0.717, 1.165) is 39.2 Å². The second-order valence-electron chi connectivity index (χ2n) is 7.84. The van der Waals surface area contributed by atoms with Gasteiger partial charge in [-0.3, -0.25) is 14.8 Å². The van der Waals surface area contributed by atoms with Gasteiger partial charge in [-0.1, -0.05) is 18.2 Å². The molecule has 1 aliphatic heterocycles. The van der Waals surface area contributed by atoms with Crippen molar-refractivity contribution in [1.82, 2.24) is 24.8 Å². The SMILES string of the molecule is O=C(c1ncsc1CNc1ccc2nccnc2c1)N1CCc2c([nH]c3ccccc23)C1. The lowest BCUT2D eigenvalue weighted by atomic mass is 10.0. The van der Waals surface area contributed by atoms with Gasteiger partial charge in [0.2, 0.25) is 0 Å². The molecule has 8 heteroatoms. The smallest absolute Gasteiger partial charge is 0.274 e. The van der Waals surface area contributed by atoms with Gasteiger partial charge < -0.3 is 15.2 Å². The van der Waals surface area contributed by atoms with Crippen molar-refractivity contribution in [2.45, 2.75) is 19.5 Å². The van der Waals surface area contributed by atoms with Crippen LogP contribution in [0.3, 0.4) is 0 Å². The lowest BCUT2D eigenvalue weighted by Crippen LogP contribution is -2.36. The molecule has 0 bridgehead atoms. The lowest BCUT2D eigenvalue weighted by molar-refractivity contribution is 0.0727. The molecule has 0 atom stereocenters. The molecule has 0 saturated carbocycles. The number of aromatic amines is 1. The number of benzene rings is 2. The van der Waals surface area contributed by atoms with Crippen LogP contribution >= 0.6 is 11.3 Å². The maximum absolute atomic E-state index is 13.3. The number of carbonyl (C=O) groups is 1. The molecule has 1 amide bonds. The number of fused-ring (bicyclic) bond motifs is 4. The highest BCUT2D eigenvalue weighted by atomic mass is 32.1. The first kappa shape index (κ1) is 18.9. The molecular weight excluding hydrogens is 420 g/mol. The van der Waals surface area contributed by atoms with E-state index >= 15 is 0 Å². The second kappa shape index (κ2) is 7.72. The lowest BCUT2D eigenvalue weighted by Gasteiger charge is -2.27. The van der Waals surface area contributed by atoms with Gasteiger partial charge in [0.25, 0.3) is 5.91 Å². The topological polar surface area (TPSA) is 86.8 Å². The van der Waals surface area contributed by atoms with Crippen molar-refractivity contribution < 1.29 is 4.79 Å². The number of para-hydroxylation sites is 1. The molecule has 32 heavy (non-hydrogen) atoms. The Balaban J connectivity index is 1.19. The highest BCUT2D eigenvalue weighted by Gasteiger charge is 2.27. The van der Waals surface area contributed by atoms with Crippen molar-refractivity contribution in [2.75, 3.05) is 11.9 Å². The number of anilines is 1. The highest BCUT2D eigenvalue weighted by Crippen LogP contribution is 2.29. The number of hydrogen-bond acceptors (Lipinski definition) is 6. The Morgan fingerprint density at radius 3 is 2.91 bits per heavy atom. The molecular formula is C24H20N6OS. The van der Waals surface area contributed by atoms with Gasteiger partial charge in [0.15, 0.2) is 0 Å². The van der Waals surface area contributed by atoms with Crippen molar-refractivity contribution in [3.8, 4) is 0 Å². The van der Waals surface area contributed by atoms with Crippen LogP contribution in [0.15, 0.2) is 60.4 Å². The number of carbonyl (C=O) groups excluding carboxylic acids is 1. The zero-order chi connectivity index (χ0) is 21.5. The third kappa shape index (κ3) is 3.29. The molecule has 6 rings (SSSR count). The van der Waals surface area contributed by atoms with Gasteiger partial charge in [0.1, 0.15) is 5.69 Å². The molecule has 0 fully saturated rings. The van der Waals surface area contributed by atoms with Gasteiger partial charge in [-0.25, -0.2) is 4.98 Å². The molecule has 2 aromatic carbocycles. The third-order valence-electron chi connectivity index (χ3n) is 5.94. The van der Waals surface area contributed by atoms with Gasteiger partial charge in [-0.15, -0.1) is 11.3 Å². The van der Waals surface area contributed by atoms with Crippen molar-refractivity contribution in [3.63, 3.8) is 0 Å². The van der Waals surface area contributed by atoms with E-state index in [-0.39, 0.29) is 5.91 Å². The monoisotopic (exact) mass is 440 g/mol. The first-order chi connectivity index (χ1) is 15.8. The largest absolute Gasteiger partial charge is 0.380 e. The number of nitrogens with one attached hydrogen (secondary N) is 2. The van der Waals surface area contributed by atoms with E-state index in [2.05, 4.69) is 43.5 Å². The second-order valence-corrected chi connectivity index (χ2v) is 8.78. The summed E-state index contributed by atoms with van der Waals surface area (Å²) in [7, 11) is 0. The van der Waals surface area contributed by atoms with Gasteiger partial charge in [-0.2, -0.15) is 0 Å². The molecule has 0 unspecified atom stereocenters. The van der Waals surface area contributed by atoms with Gasteiger partial charge in [0, 0.05) is 41.2 Å². The summed E-state index contributed by atoms with van der Waals surface area (Å²) in [6.07, 6.45) is 4.22. The van der Waals surface area contributed by atoms with Crippen LogP contribution in [-0.2, 0) is 19.5 Å². The minimum Gasteiger partial charge on any atom is -0.380 e. The number of rotatable bonds is 4. The molecule has 158 valence electrons. The Hall–Kier alpha value is -3.78. The van der Waals surface area contributed by atoms with E-state index in [9.17, 15) is 4.79 Å². The molecule has 1 aliphatic rings. The average Bonchev–Trinajstić information content (AvgIpc) is 3.46. The van der Waals surface area contributed by atoms with Crippen molar-refractivity contribution >= 4 is 44.9 Å². The molecule has 0 aliphatic carbocycles. The van der Waals surface area contributed by atoms with Crippen LogP contribution in [-0.4, -0.2) is 37.3 Å². The summed E-state index contributed by atoms with van der Waals surface area (Å²) in [5, 5.41) is 4.65. The molecule has 4 heterocycles. The first-order valence-electron chi connectivity index (χ1n) is 10.5. The molecule has 3 aromatic heterocycles. The van der Waals surface area contributed by atoms with Crippen LogP contribution in [0.5, 0.6) is 0 Å². The summed E-state index contributed by atoms with van der Waals surface area (Å²) in [6, 6.07) is 14.2. The normalized spacial score (nSPS) is 13.4. The summed E-state index contributed by atoms with van der Waals surface area (Å²) >= 11 is 1.50. The summed E-state index contributed by atoms with van der Waals surface area (Å²) < 4.78 is 0. The maximum Gasteiger partial charge on any atom is 0.274 e. The van der Waals surface area contributed by atoms with Crippen LogP contribution in [0.4, 0.5) is 5.69 Å². The summed E-state index contributed by atoms with van der Waals surface area (Å²) in [6.45, 7) is 1.81. The third-order valence-corrected chi connectivity index (χ3v) is 6.77. The Morgan fingerprint density at radius 2 is 1.97 bits per heavy atom. The van der Waals surface area contributed by atoms with E-state index in [4.69, 9.17) is 0 Å². The van der Waals surface area contributed by atoms with E-state index < -0.39 is 0 Å². The predicted molar refractivity (Wildman–Crippen MR) is 126 cm³/mol. The van der Waals surface area contributed by atoms with Crippen LogP contribution in [0, 0.1) is 0 Å². The number of thiazole rings is 1. The van der Waals surface area contributed by atoms with Crippen LogP contribution in [0.1, 0.15) is 26.6 Å². The van der Waals surface area contributed by atoms with Crippen LogP contribution in [0.25, 0.3) is 21.9 Å². The van der Waals surface area contributed by atoms with E-state index in [0.29, 0.717) is 25.3 Å². The number of aromatic nitrogens is 4. The molecule has 0 saturated heterocycles. The van der Waals surface area contributed by atoms with Gasteiger partial charge in [-0.05, 0) is 36.2 Å². The number of hydrogen-bond donors (Lipinski definition) is 2. The zero-order valence-electron chi connectivity index (χ0n) is 17.2. The van der Waals surface area contributed by atoms with E-state index in [1.807, 2.05) is 29.2 Å². The number of H-pyrrole nitrogens is 1. The van der Waals surface area contributed by atoms with Crippen molar-refractivity contribution in [2.24, 2.45) is 0 Å². The fourth-order valence-electron chi connectivity index (χ4n) is 4.34. The standard InChI is InChI=1S/C24H20N6OS/c31-24(30-10-7-17-16-3-1-2-4-18(16)29-21(17)13-30)23-22(32-14-28-23)12-27-15-5-6-19-20(11-15)26-9-8-25-19/h1-6,8-9,11,14,27,29H,7,10,12-13H2. The van der Waals surface area contributed by atoms with Crippen LogP contribution in [0.2, 0.25) is 0 Å². The Morgan fingerprint density at radius 1 is 1.09 bits per heavy atom.